The molecule has 0 radical (unpaired) electrons. The van der Waals surface area contributed by atoms with Crippen LogP contribution in [0.5, 0.6) is 0 Å². The summed E-state index contributed by atoms with van der Waals surface area (Å²) in [5.41, 5.74) is 6.53. The second kappa shape index (κ2) is 14.9. The van der Waals surface area contributed by atoms with E-state index in [4.69, 9.17) is 10.5 Å². The third-order valence-electron chi connectivity index (χ3n) is 6.50. The van der Waals surface area contributed by atoms with E-state index in [2.05, 4.69) is 41.1 Å². The number of fused-ring (bicyclic) bond motifs is 1. The molecule has 2 aliphatic heterocycles. The Hall–Kier alpha value is -1.84. The van der Waals surface area contributed by atoms with E-state index < -0.39 is 30.4 Å². The Morgan fingerprint density at radius 1 is 1.03 bits per heavy atom. The van der Waals surface area contributed by atoms with Crippen LogP contribution < -0.4 is 27.0 Å². The monoisotopic (exact) mass is 570 g/mol. The number of nitrogen functional groups attached to an aromatic ring is 1. The number of carbonyl (C=O) groups excluding carboxylic acids is 1. The number of aromatic nitrogens is 4. The summed E-state index contributed by atoms with van der Waals surface area (Å²) in [7, 11) is 0. The predicted octanol–water partition coefficient (Wildman–Crippen LogP) is -2.99. The van der Waals surface area contributed by atoms with Gasteiger partial charge in [-0.3, -0.25) is 9.36 Å². The number of aliphatic hydroxyl groups is 2. The molecule has 0 saturated carbocycles. The first-order chi connectivity index (χ1) is 17.6. The van der Waals surface area contributed by atoms with Crippen LogP contribution in [0.15, 0.2) is 12.7 Å². The molecule has 0 unspecified atom stereocenters. The average molecular weight is 572 g/mol. The van der Waals surface area contributed by atoms with Crippen molar-refractivity contribution in [3.63, 3.8) is 0 Å². The number of ether oxygens (including phenoxy) is 1. The Morgan fingerprint density at radius 2 is 1.76 bits per heavy atom. The number of nitrogens with one attached hydrogen (secondary N) is 4. The predicted molar refractivity (Wildman–Crippen MR) is 133 cm³/mol. The van der Waals surface area contributed by atoms with Gasteiger partial charge >= 0.3 is 19.5 Å². The van der Waals surface area contributed by atoms with Gasteiger partial charge in [-0.25, -0.2) is 15.0 Å². The van der Waals surface area contributed by atoms with E-state index in [0.717, 1.165) is 65.2 Å². The molecule has 37 heavy (non-hydrogen) atoms. The second-order valence-corrected chi connectivity index (χ2v) is 9.10. The van der Waals surface area contributed by atoms with E-state index in [1.807, 2.05) is 0 Å². The molecular formula is C22H38N10O4Zn+2. The first-order valence-electron chi connectivity index (χ1n) is 12.6. The Bertz CT molecular complexity index is 968. The van der Waals surface area contributed by atoms with Crippen molar-refractivity contribution in [3.8, 4) is 0 Å². The Balaban J connectivity index is 0.00000380. The van der Waals surface area contributed by atoms with E-state index in [1.54, 1.807) is 0 Å². The fraction of sp³-hybridized carbons (Fsp3) is 0.727. The van der Waals surface area contributed by atoms with Crippen molar-refractivity contribution in [2.75, 3.05) is 71.2 Å². The van der Waals surface area contributed by atoms with Crippen LogP contribution >= 0.6 is 0 Å². The molecule has 2 aromatic rings. The van der Waals surface area contributed by atoms with Crippen molar-refractivity contribution in [2.24, 2.45) is 0 Å². The summed E-state index contributed by atoms with van der Waals surface area (Å²) in [6, 6.07) is 0. The molecule has 2 fully saturated rings. The molecular weight excluding hydrogens is 534 g/mol. The maximum absolute atomic E-state index is 12.8. The maximum Gasteiger partial charge on any atom is 2.00 e. The van der Waals surface area contributed by atoms with Gasteiger partial charge < -0.3 is 46.9 Å². The number of aliphatic hydroxyl groups excluding tert-OH is 2. The molecule has 0 aliphatic carbocycles. The quantitative estimate of drug-likeness (QED) is 0.181. The molecule has 0 bridgehead atoms. The Kier molecular flexibility index (Phi) is 12.0. The van der Waals surface area contributed by atoms with Crippen LogP contribution in [-0.2, 0) is 29.0 Å². The zero-order valence-corrected chi connectivity index (χ0v) is 24.1. The van der Waals surface area contributed by atoms with Crippen molar-refractivity contribution in [1.29, 1.82) is 0 Å². The Morgan fingerprint density at radius 3 is 2.54 bits per heavy atom. The number of hydrogen-bond acceptors (Lipinski definition) is 12. The van der Waals surface area contributed by atoms with Crippen molar-refractivity contribution >= 4 is 22.9 Å². The van der Waals surface area contributed by atoms with Crippen molar-refractivity contribution in [3.05, 3.63) is 12.7 Å². The topological polar surface area (TPSA) is 188 Å². The van der Waals surface area contributed by atoms with Gasteiger partial charge in [0.15, 0.2) is 23.8 Å². The minimum Gasteiger partial charge on any atom is -0.387 e. The summed E-state index contributed by atoms with van der Waals surface area (Å²) in [5, 5.41) is 34.3. The van der Waals surface area contributed by atoms with Crippen LogP contribution in [-0.4, -0.2) is 124 Å². The van der Waals surface area contributed by atoms with E-state index in [9.17, 15) is 15.0 Å². The smallest absolute Gasteiger partial charge is 0.387 e. The molecule has 2 saturated heterocycles. The largest absolute Gasteiger partial charge is 2.00 e. The van der Waals surface area contributed by atoms with Gasteiger partial charge in [0.1, 0.15) is 24.1 Å². The molecule has 0 aromatic carbocycles. The summed E-state index contributed by atoms with van der Waals surface area (Å²) in [4.78, 5) is 27.3. The maximum atomic E-state index is 12.8. The average Bonchev–Trinajstić information content (AvgIpc) is 3.43. The van der Waals surface area contributed by atoms with Crippen LogP contribution in [0.1, 0.15) is 19.1 Å². The van der Waals surface area contributed by atoms with Gasteiger partial charge in [-0.2, -0.15) is 0 Å². The summed E-state index contributed by atoms with van der Waals surface area (Å²) < 4.78 is 7.22. The van der Waals surface area contributed by atoms with Crippen molar-refractivity contribution in [1.82, 2.24) is 45.7 Å². The van der Waals surface area contributed by atoms with Gasteiger partial charge in [-0.15, -0.1) is 0 Å². The zero-order chi connectivity index (χ0) is 25.3. The molecule has 0 spiro atoms. The van der Waals surface area contributed by atoms with Gasteiger partial charge in [0, 0.05) is 39.3 Å². The van der Waals surface area contributed by atoms with Crippen LogP contribution in [0.3, 0.4) is 0 Å². The number of rotatable bonds is 5. The molecule has 15 heteroatoms. The number of amides is 1. The third-order valence-corrected chi connectivity index (χ3v) is 6.50. The molecule has 14 nitrogen and oxygen atoms in total. The van der Waals surface area contributed by atoms with Crippen LogP contribution in [0, 0.1) is 0 Å². The Labute approximate surface area is 228 Å². The fourth-order valence-electron chi connectivity index (χ4n) is 4.49. The van der Waals surface area contributed by atoms with Gasteiger partial charge in [0.25, 0.3) is 5.91 Å². The summed E-state index contributed by atoms with van der Waals surface area (Å²) in [5.74, 6) is -0.283. The molecule has 8 N–H and O–H groups in total. The normalized spacial score (nSPS) is 26.9. The van der Waals surface area contributed by atoms with Crippen molar-refractivity contribution < 1.29 is 39.2 Å². The standard InChI is InChI=1S/C22H38N10O4.Zn/c23-19-15-20(29-13-28-19)32(14-30-15)22-17(34)16(33)18(36-22)21(35)27-9-12-31-10-2-5-25-7-6-24-3-1-4-26-8-11-31;/h13-14,16-18,22,24-26,33-34H,1-12H2,(H,27,35)(H2,23,28,29);/q;+2/t16-,17+,18-,22+;/m0./s1. The molecule has 4 atom stereocenters. The number of hydrogen-bond donors (Lipinski definition) is 7. The van der Waals surface area contributed by atoms with Crippen LogP contribution in [0.4, 0.5) is 5.82 Å². The molecule has 1 amide bonds. The van der Waals surface area contributed by atoms with E-state index >= 15 is 0 Å². The van der Waals surface area contributed by atoms with Gasteiger partial charge in [0.2, 0.25) is 0 Å². The van der Waals surface area contributed by atoms with Crippen LogP contribution in [0.25, 0.3) is 11.2 Å². The number of imidazole rings is 1. The molecule has 2 aromatic heterocycles. The number of carbonyl (C=O) groups is 1. The summed E-state index contributed by atoms with van der Waals surface area (Å²) >= 11 is 0. The summed E-state index contributed by atoms with van der Waals surface area (Å²) in [6.45, 7) is 8.60. The number of anilines is 1. The minimum absolute atomic E-state index is 0. The van der Waals surface area contributed by atoms with E-state index in [1.165, 1.54) is 17.2 Å². The second-order valence-electron chi connectivity index (χ2n) is 9.10. The summed E-state index contributed by atoms with van der Waals surface area (Å²) in [6.07, 6.45) is -0.219. The molecule has 200 valence electrons. The zero-order valence-electron chi connectivity index (χ0n) is 21.2. The molecule has 4 rings (SSSR count). The SMILES string of the molecule is Nc1ncnc2c1ncn2[C@@H]1O[C@H](C(=O)NCCN2CCCNCCNCCCNCC2)[C@@H](O)[C@H]1O.[Zn+2]. The number of nitrogens with two attached hydrogens (primary N) is 1. The molecule has 4 heterocycles. The van der Waals surface area contributed by atoms with Crippen LogP contribution in [0.2, 0.25) is 0 Å². The molecule has 2 aliphatic rings. The van der Waals surface area contributed by atoms with Gasteiger partial charge in [-0.05, 0) is 39.0 Å². The first kappa shape index (κ1) is 29.7. The van der Waals surface area contributed by atoms with Gasteiger partial charge in [-0.1, -0.05) is 0 Å². The fourth-order valence-corrected chi connectivity index (χ4v) is 4.49. The first-order valence-corrected chi connectivity index (χ1v) is 12.6. The third kappa shape index (κ3) is 7.83. The van der Waals surface area contributed by atoms with Gasteiger partial charge in [0.05, 0.1) is 6.33 Å². The minimum atomic E-state index is -1.40. The van der Waals surface area contributed by atoms with E-state index in [0.29, 0.717) is 24.3 Å². The van der Waals surface area contributed by atoms with Crippen molar-refractivity contribution in [2.45, 2.75) is 37.4 Å². The number of nitrogens with zero attached hydrogens (tertiary/aromatic N) is 5. The van der Waals surface area contributed by atoms with E-state index in [-0.39, 0.29) is 25.3 Å².